The number of amides is 1. The Labute approximate surface area is 205 Å². The number of aryl methyl sites for hydroxylation is 1. The molecule has 180 valence electrons. The summed E-state index contributed by atoms with van der Waals surface area (Å²) in [6.45, 7) is 5.90. The summed E-state index contributed by atoms with van der Waals surface area (Å²) in [6.07, 6.45) is 1.63. The first-order valence-electron chi connectivity index (χ1n) is 12.0. The maximum atomic E-state index is 13.5. The van der Waals surface area contributed by atoms with Gasteiger partial charge in [-0.3, -0.25) is 9.69 Å². The molecule has 0 N–H and O–H groups in total. The summed E-state index contributed by atoms with van der Waals surface area (Å²) in [7, 11) is 2.11. The molecule has 5 rings (SSSR count). The lowest BCUT2D eigenvalue weighted by molar-refractivity contribution is 0.0736. The molecule has 0 saturated heterocycles. The zero-order valence-corrected chi connectivity index (χ0v) is 20.2. The number of aromatic nitrogens is 2. The number of fused-ring (bicyclic) bond motifs is 3. The second kappa shape index (κ2) is 10.2. The molecule has 3 heterocycles. The minimum absolute atomic E-state index is 0.0854. The average molecular weight is 471 g/mol. The molecule has 0 atom stereocenters. The number of ether oxygens (including phenoxy) is 2. The van der Waals surface area contributed by atoms with E-state index in [-0.39, 0.29) is 5.91 Å². The fourth-order valence-electron chi connectivity index (χ4n) is 4.51. The fraction of sp³-hybridized carbons (Fsp3) is 0.286. The number of hydrogen-bond acceptors (Lipinski definition) is 5. The molecule has 0 bridgehead atoms. The van der Waals surface area contributed by atoms with Crippen LogP contribution < -0.4 is 9.47 Å². The van der Waals surface area contributed by atoms with Crippen molar-refractivity contribution in [3.63, 3.8) is 0 Å². The van der Waals surface area contributed by atoms with E-state index in [0.717, 1.165) is 13.1 Å². The number of para-hydroxylation sites is 3. The quantitative estimate of drug-likeness (QED) is 0.434. The Bertz CT molecular complexity index is 1330. The Kier molecular flexibility index (Phi) is 6.68. The van der Waals surface area contributed by atoms with Crippen LogP contribution in [0.5, 0.6) is 17.4 Å². The molecule has 1 aliphatic rings. The lowest BCUT2D eigenvalue weighted by Gasteiger charge is -2.27. The van der Waals surface area contributed by atoms with E-state index in [1.54, 1.807) is 18.3 Å². The number of benzene rings is 2. The van der Waals surface area contributed by atoms with Crippen molar-refractivity contribution in [2.45, 2.75) is 13.5 Å². The van der Waals surface area contributed by atoms with Crippen LogP contribution >= 0.6 is 0 Å². The maximum Gasteiger partial charge on any atom is 0.259 e. The van der Waals surface area contributed by atoms with Crippen molar-refractivity contribution in [2.24, 2.45) is 7.05 Å². The van der Waals surface area contributed by atoms with E-state index in [2.05, 4.69) is 51.8 Å². The van der Waals surface area contributed by atoms with Crippen LogP contribution in [0.15, 0.2) is 72.9 Å². The predicted molar refractivity (Wildman–Crippen MR) is 136 cm³/mol. The number of likely N-dealkylation sites (N-methyl/N-ethyl adjacent to an activating group) is 1. The molecule has 0 aliphatic carbocycles. The smallest absolute Gasteiger partial charge is 0.259 e. The second-order valence-electron chi connectivity index (χ2n) is 8.67. The molecule has 1 amide bonds. The summed E-state index contributed by atoms with van der Waals surface area (Å²) in [5.74, 6) is 1.38. The summed E-state index contributed by atoms with van der Waals surface area (Å²) in [5.41, 5.74) is 2.89. The maximum absolute atomic E-state index is 13.5. The first kappa shape index (κ1) is 22.9. The first-order chi connectivity index (χ1) is 17.1. The molecule has 2 aromatic heterocycles. The largest absolute Gasteiger partial charge is 0.488 e. The molecule has 0 radical (unpaired) electrons. The highest BCUT2D eigenvalue weighted by molar-refractivity contribution is 5.96. The zero-order chi connectivity index (χ0) is 24.2. The van der Waals surface area contributed by atoms with E-state index >= 15 is 0 Å². The molecule has 2 aromatic carbocycles. The van der Waals surface area contributed by atoms with Crippen molar-refractivity contribution < 1.29 is 14.3 Å². The summed E-state index contributed by atoms with van der Waals surface area (Å²) in [5, 5.41) is 1.23. The second-order valence-corrected chi connectivity index (χ2v) is 8.67. The Hall–Kier alpha value is -3.84. The number of carbonyl (C=O) groups is 1. The van der Waals surface area contributed by atoms with Crippen LogP contribution in [-0.2, 0) is 13.6 Å². The van der Waals surface area contributed by atoms with Crippen LogP contribution in [0.3, 0.4) is 0 Å². The summed E-state index contributed by atoms with van der Waals surface area (Å²) < 4.78 is 14.5. The molecule has 7 heteroatoms. The van der Waals surface area contributed by atoms with Crippen molar-refractivity contribution in [3.05, 3.63) is 84.2 Å². The van der Waals surface area contributed by atoms with E-state index in [0.29, 0.717) is 49.2 Å². The van der Waals surface area contributed by atoms with Gasteiger partial charge in [0.15, 0.2) is 11.5 Å². The highest BCUT2D eigenvalue weighted by Crippen LogP contribution is 2.32. The Morgan fingerprint density at radius 2 is 1.74 bits per heavy atom. The average Bonchev–Trinajstić information content (AvgIpc) is 3.20. The monoisotopic (exact) mass is 470 g/mol. The minimum Gasteiger partial charge on any atom is -0.488 e. The molecule has 1 aliphatic heterocycles. The summed E-state index contributed by atoms with van der Waals surface area (Å²) >= 11 is 0. The van der Waals surface area contributed by atoms with Crippen LogP contribution in [0.2, 0.25) is 0 Å². The molecule has 0 saturated carbocycles. The number of pyridine rings is 1. The molecule has 7 nitrogen and oxygen atoms in total. The number of rotatable bonds is 3. The van der Waals surface area contributed by atoms with E-state index in [9.17, 15) is 4.79 Å². The standard InChI is InChI=1S/C28H30N4O3/c1-3-32-16-15-31(20-22-19-21-9-4-5-11-24(21)30(22)2)17-18-34-25-12-6-7-13-26(25)35-27-23(28(32)33)10-8-14-29-27/h4-14,19H,3,15-18,20H2,1-2H3. The van der Waals surface area contributed by atoms with Gasteiger partial charge in [-0.05, 0) is 48.7 Å². The van der Waals surface area contributed by atoms with E-state index in [1.807, 2.05) is 36.1 Å². The molecule has 0 fully saturated rings. The van der Waals surface area contributed by atoms with Crippen LogP contribution in [-0.4, -0.2) is 58.0 Å². The third-order valence-corrected chi connectivity index (χ3v) is 6.51. The predicted octanol–water partition coefficient (Wildman–Crippen LogP) is 4.72. The first-order valence-corrected chi connectivity index (χ1v) is 12.0. The fourth-order valence-corrected chi connectivity index (χ4v) is 4.51. The highest BCUT2D eigenvalue weighted by Gasteiger charge is 2.22. The van der Waals surface area contributed by atoms with Crippen LogP contribution in [0.4, 0.5) is 0 Å². The Balaban J connectivity index is 1.46. The van der Waals surface area contributed by atoms with Gasteiger partial charge in [-0.15, -0.1) is 0 Å². The Morgan fingerprint density at radius 1 is 0.943 bits per heavy atom. The lowest BCUT2D eigenvalue weighted by Crippen LogP contribution is -2.40. The topological polar surface area (TPSA) is 59.8 Å². The van der Waals surface area contributed by atoms with Gasteiger partial charge in [0.25, 0.3) is 5.91 Å². The van der Waals surface area contributed by atoms with Crippen LogP contribution in [0.1, 0.15) is 23.0 Å². The van der Waals surface area contributed by atoms with Gasteiger partial charge in [0.1, 0.15) is 12.2 Å². The zero-order valence-electron chi connectivity index (χ0n) is 20.2. The van der Waals surface area contributed by atoms with E-state index in [4.69, 9.17) is 9.47 Å². The SMILES string of the molecule is CCN1CCN(Cc2cc3ccccc3n2C)CCOc2ccccc2Oc2ncccc2C1=O. The molecule has 0 spiro atoms. The van der Waals surface area contributed by atoms with E-state index in [1.165, 1.54) is 16.6 Å². The number of carbonyl (C=O) groups excluding carboxylic acids is 1. The van der Waals surface area contributed by atoms with Gasteiger partial charge >= 0.3 is 0 Å². The van der Waals surface area contributed by atoms with Crippen molar-refractivity contribution in [3.8, 4) is 17.4 Å². The van der Waals surface area contributed by atoms with Gasteiger partial charge in [0, 0.05) is 57.2 Å². The minimum atomic E-state index is -0.0854. The molecule has 0 unspecified atom stereocenters. The van der Waals surface area contributed by atoms with Crippen molar-refractivity contribution >= 4 is 16.8 Å². The van der Waals surface area contributed by atoms with Gasteiger partial charge in [0.2, 0.25) is 5.88 Å². The van der Waals surface area contributed by atoms with Crippen molar-refractivity contribution in [1.82, 2.24) is 19.4 Å². The number of hydrogen-bond donors (Lipinski definition) is 0. The van der Waals surface area contributed by atoms with Crippen molar-refractivity contribution in [1.29, 1.82) is 0 Å². The highest BCUT2D eigenvalue weighted by atomic mass is 16.5. The van der Waals surface area contributed by atoms with Gasteiger partial charge in [-0.2, -0.15) is 0 Å². The van der Waals surface area contributed by atoms with Gasteiger partial charge < -0.3 is 18.9 Å². The summed E-state index contributed by atoms with van der Waals surface area (Å²) in [4.78, 5) is 22.0. The molecular weight excluding hydrogens is 440 g/mol. The normalized spacial score (nSPS) is 15.3. The van der Waals surface area contributed by atoms with Crippen molar-refractivity contribution in [2.75, 3.05) is 32.8 Å². The molecule has 35 heavy (non-hydrogen) atoms. The van der Waals surface area contributed by atoms with Crippen LogP contribution in [0, 0.1) is 0 Å². The number of nitrogens with zero attached hydrogens (tertiary/aromatic N) is 4. The van der Waals surface area contributed by atoms with Gasteiger partial charge in [-0.1, -0.05) is 30.3 Å². The third-order valence-electron chi connectivity index (χ3n) is 6.51. The lowest BCUT2D eigenvalue weighted by atomic mass is 10.2. The van der Waals surface area contributed by atoms with E-state index < -0.39 is 0 Å². The Morgan fingerprint density at radius 3 is 2.57 bits per heavy atom. The molecule has 4 aromatic rings. The van der Waals surface area contributed by atoms with Gasteiger partial charge in [-0.25, -0.2) is 4.98 Å². The third kappa shape index (κ3) is 4.86. The van der Waals surface area contributed by atoms with Crippen LogP contribution in [0.25, 0.3) is 10.9 Å². The summed E-state index contributed by atoms with van der Waals surface area (Å²) in [6, 6.07) is 21.7. The van der Waals surface area contributed by atoms with Gasteiger partial charge in [0.05, 0.1) is 0 Å². The molecular formula is C28H30N4O3.